The Bertz CT molecular complexity index is 195. The van der Waals surface area contributed by atoms with Crippen LogP contribution in [0.15, 0.2) is 0 Å². The molecule has 0 saturated carbocycles. The quantitative estimate of drug-likeness (QED) is 0.760. The van der Waals surface area contributed by atoms with Crippen LogP contribution in [0.5, 0.6) is 0 Å². The van der Waals surface area contributed by atoms with Gasteiger partial charge in [-0.3, -0.25) is 4.90 Å². The molecule has 1 aliphatic rings. The molecule has 1 heterocycles. The van der Waals surface area contributed by atoms with E-state index in [0.717, 1.165) is 32.5 Å². The predicted molar refractivity (Wildman–Crippen MR) is 65.6 cm³/mol. The Hall–Kier alpha value is -0.160. The van der Waals surface area contributed by atoms with Gasteiger partial charge in [-0.25, -0.2) is 0 Å². The van der Waals surface area contributed by atoms with E-state index >= 15 is 0 Å². The molecule has 1 rings (SSSR count). The van der Waals surface area contributed by atoms with Gasteiger partial charge in [-0.1, -0.05) is 6.92 Å². The fourth-order valence-corrected chi connectivity index (χ4v) is 2.44. The van der Waals surface area contributed by atoms with Crippen LogP contribution in [0.2, 0.25) is 0 Å². The normalized spacial score (nSPS) is 27.4. The van der Waals surface area contributed by atoms with Crippen molar-refractivity contribution in [2.45, 2.75) is 38.3 Å². The van der Waals surface area contributed by atoms with Crippen LogP contribution in [0.25, 0.3) is 0 Å². The van der Waals surface area contributed by atoms with Crippen LogP contribution in [0.4, 0.5) is 0 Å². The highest BCUT2D eigenvalue weighted by molar-refractivity contribution is 4.92. The summed E-state index contributed by atoms with van der Waals surface area (Å²) in [6.45, 7) is 8.52. The molecule has 2 N–H and O–H groups in total. The van der Waals surface area contributed by atoms with Gasteiger partial charge in [0.15, 0.2) is 0 Å². The molecule has 0 aromatic heterocycles. The molecule has 1 saturated heterocycles. The number of methoxy groups -OCH3 is 1. The van der Waals surface area contributed by atoms with Crippen molar-refractivity contribution in [3.05, 3.63) is 0 Å². The van der Waals surface area contributed by atoms with Gasteiger partial charge in [-0.2, -0.15) is 0 Å². The van der Waals surface area contributed by atoms with Gasteiger partial charge in [-0.05, 0) is 19.8 Å². The lowest BCUT2D eigenvalue weighted by Gasteiger charge is -2.42. The summed E-state index contributed by atoms with van der Waals surface area (Å²) in [5.41, 5.74) is 5.95. The number of hydrogen-bond donors (Lipinski definition) is 1. The Labute approximate surface area is 99.1 Å². The number of nitrogens with two attached hydrogens (primary N) is 1. The van der Waals surface area contributed by atoms with Crippen molar-refractivity contribution in [2.24, 2.45) is 5.73 Å². The van der Waals surface area contributed by atoms with Crippen molar-refractivity contribution in [1.82, 2.24) is 4.90 Å². The maximum Gasteiger partial charge on any atom is 0.0674 e. The summed E-state index contributed by atoms with van der Waals surface area (Å²) in [4.78, 5) is 2.45. The third kappa shape index (κ3) is 3.17. The first-order valence-electron chi connectivity index (χ1n) is 6.24. The minimum Gasteiger partial charge on any atom is -0.383 e. The van der Waals surface area contributed by atoms with E-state index in [1.54, 1.807) is 7.11 Å². The van der Waals surface area contributed by atoms with Crippen LogP contribution in [-0.2, 0) is 9.47 Å². The molecular formula is C12H26N2O2. The maximum absolute atomic E-state index is 5.97. The summed E-state index contributed by atoms with van der Waals surface area (Å²) in [7, 11) is 1.75. The number of hydrogen-bond acceptors (Lipinski definition) is 4. The van der Waals surface area contributed by atoms with Gasteiger partial charge in [0.2, 0.25) is 0 Å². The van der Waals surface area contributed by atoms with E-state index in [-0.39, 0.29) is 11.6 Å². The molecule has 0 amide bonds. The van der Waals surface area contributed by atoms with Crippen molar-refractivity contribution < 1.29 is 9.47 Å². The zero-order valence-corrected chi connectivity index (χ0v) is 10.9. The van der Waals surface area contributed by atoms with Crippen LogP contribution in [-0.4, -0.2) is 56.5 Å². The minimum absolute atomic E-state index is 0.0172. The lowest BCUT2D eigenvalue weighted by atomic mass is 9.94. The summed E-state index contributed by atoms with van der Waals surface area (Å²) in [6, 6.07) is 0. The van der Waals surface area contributed by atoms with Gasteiger partial charge in [0, 0.05) is 33.4 Å². The second-order valence-corrected chi connectivity index (χ2v) is 4.70. The minimum atomic E-state index is -0.0172. The molecule has 96 valence electrons. The second kappa shape index (κ2) is 6.55. The van der Waals surface area contributed by atoms with Crippen LogP contribution < -0.4 is 5.73 Å². The third-order valence-corrected chi connectivity index (χ3v) is 3.57. The van der Waals surface area contributed by atoms with Crippen LogP contribution in [0, 0.1) is 0 Å². The van der Waals surface area contributed by atoms with E-state index in [1.165, 1.54) is 0 Å². The smallest absolute Gasteiger partial charge is 0.0674 e. The molecule has 0 spiro atoms. The highest BCUT2D eigenvalue weighted by atomic mass is 16.5. The van der Waals surface area contributed by atoms with E-state index in [4.69, 9.17) is 15.2 Å². The molecule has 0 aromatic rings. The highest BCUT2D eigenvalue weighted by Gasteiger charge is 2.35. The molecule has 0 bridgehead atoms. The van der Waals surface area contributed by atoms with Gasteiger partial charge in [0.25, 0.3) is 0 Å². The standard InChI is InChI=1S/C12H26N2O2/c1-4-12(9-13,10-15-3)14-6-5-7-16-11(2)8-14/h11H,4-10,13H2,1-3H3. The topological polar surface area (TPSA) is 47.7 Å². The Morgan fingerprint density at radius 1 is 1.56 bits per heavy atom. The summed E-state index contributed by atoms with van der Waals surface area (Å²) in [5, 5.41) is 0. The average molecular weight is 230 g/mol. The van der Waals surface area contributed by atoms with E-state index in [2.05, 4.69) is 18.7 Å². The molecule has 1 fully saturated rings. The van der Waals surface area contributed by atoms with E-state index in [1.807, 2.05) is 0 Å². The first-order valence-corrected chi connectivity index (χ1v) is 6.24. The van der Waals surface area contributed by atoms with Crippen molar-refractivity contribution >= 4 is 0 Å². The fraction of sp³-hybridized carbons (Fsp3) is 1.00. The first-order chi connectivity index (χ1) is 7.68. The van der Waals surface area contributed by atoms with E-state index < -0.39 is 0 Å². The maximum atomic E-state index is 5.97. The van der Waals surface area contributed by atoms with Gasteiger partial charge >= 0.3 is 0 Å². The van der Waals surface area contributed by atoms with E-state index in [0.29, 0.717) is 13.2 Å². The Balaban J connectivity index is 2.74. The lowest BCUT2D eigenvalue weighted by molar-refractivity contribution is -0.00517. The first kappa shape index (κ1) is 13.9. The third-order valence-electron chi connectivity index (χ3n) is 3.57. The predicted octanol–water partition coefficient (Wildman–Crippen LogP) is 0.851. The van der Waals surface area contributed by atoms with Crippen molar-refractivity contribution in [3.8, 4) is 0 Å². The number of nitrogens with zero attached hydrogens (tertiary/aromatic N) is 1. The van der Waals surface area contributed by atoms with Gasteiger partial charge < -0.3 is 15.2 Å². The summed E-state index contributed by atoms with van der Waals surface area (Å²) >= 11 is 0. The summed E-state index contributed by atoms with van der Waals surface area (Å²) in [6.07, 6.45) is 2.39. The molecule has 1 aliphatic heterocycles. The molecule has 4 nitrogen and oxygen atoms in total. The molecule has 4 heteroatoms. The van der Waals surface area contributed by atoms with Gasteiger partial charge in [-0.15, -0.1) is 0 Å². The van der Waals surface area contributed by atoms with Crippen LogP contribution in [0.1, 0.15) is 26.7 Å². The molecular weight excluding hydrogens is 204 g/mol. The molecule has 0 aliphatic carbocycles. The zero-order valence-electron chi connectivity index (χ0n) is 10.9. The average Bonchev–Trinajstić information content (AvgIpc) is 2.51. The van der Waals surface area contributed by atoms with Crippen molar-refractivity contribution in [1.29, 1.82) is 0 Å². The highest BCUT2D eigenvalue weighted by Crippen LogP contribution is 2.22. The Kier molecular flexibility index (Phi) is 5.69. The van der Waals surface area contributed by atoms with Gasteiger partial charge in [0.1, 0.15) is 0 Å². The fourth-order valence-electron chi connectivity index (χ4n) is 2.44. The SMILES string of the molecule is CCC(CN)(COC)N1CCCOC(C)C1. The Morgan fingerprint density at radius 3 is 2.88 bits per heavy atom. The van der Waals surface area contributed by atoms with Gasteiger partial charge in [0.05, 0.1) is 18.2 Å². The monoisotopic (exact) mass is 230 g/mol. The molecule has 2 atom stereocenters. The largest absolute Gasteiger partial charge is 0.383 e. The molecule has 0 radical (unpaired) electrons. The second-order valence-electron chi connectivity index (χ2n) is 4.70. The van der Waals surface area contributed by atoms with E-state index in [9.17, 15) is 0 Å². The lowest BCUT2D eigenvalue weighted by Crippen LogP contribution is -2.58. The molecule has 0 aromatic carbocycles. The molecule has 16 heavy (non-hydrogen) atoms. The van der Waals surface area contributed by atoms with Crippen molar-refractivity contribution in [2.75, 3.05) is 40.0 Å². The summed E-state index contributed by atoms with van der Waals surface area (Å²) < 4.78 is 11.0. The zero-order chi connectivity index (χ0) is 12.0. The number of rotatable bonds is 5. The van der Waals surface area contributed by atoms with Crippen molar-refractivity contribution in [3.63, 3.8) is 0 Å². The summed E-state index contributed by atoms with van der Waals surface area (Å²) in [5.74, 6) is 0. The van der Waals surface area contributed by atoms with Crippen LogP contribution >= 0.6 is 0 Å². The number of ether oxygens (including phenoxy) is 2. The molecule has 2 unspecified atom stereocenters. The Morgan fingerprint density at radius 2 is 2.31 bits per heavy atom. The van der Waals surface area contributed by atoms with Crippen LogP contribution in [0.3, 0.4) is 0 Å².